The minimum absolute atomic E-state index is 0.141. The molecule has 0 spiro atoms. The summed E-state index contributed by atoms with van der Waals surface area (Å²) in [5.74, 6) is 0. The maximum absolute atomic E-state index is 6.23. The first-order valence-corrected chi connectivity index (χ1v) is 17.6. The van der Waals surface area contributed by atoms with Gasteiger partial charge in [-0.25, -0.2) is 0 Å². The predicted molar refractivity (Wildman–Crippen MR) is 198 cm³/mol. The van der Waals surface area contributed by atoms with Crippen LogP contribution in [0.4, 0.5) is 0 Å². The Morgan fingerprint density at radius 2 is 1.23 bits per heavy atom. The quantitative estimate of drug-likeness (QED) is 0.106. The molecule has 4 nitrogen and oxygen atoms in total. The Balaban J connectivity index is 1.01. The van der Waals surface area contributed by atoms with Crippen LogP contribution < -0.4 is 0 Å². The number of hydrogen-bond donors (Lipinski definition) is 1. The fraction of sp³-hybridized carbons (Fsp3) is 0.233. The fourth-order valence-corrected chi connectivity index (χ4v) is 7.64. The number of rotatable bonds is 12. The highest BCUT2D eigenvalue weighted by molar-refractivity contribution is 6.30. The number of halogens is 1. The Hall–Kier alpha value is -4.48. The molecule has 0 amide bonds. The van der Waals surface area contributed by atoms with E-state index in [0.29, 0.717) is 0 Å². The molecule has 5 heteroatoms. The van der Waals surface area contributed by atoms with Gasteiger partial charge in [0.1, 0.15) is 0 Å². The molecule has 4 aromatic carbocycles. The second-order valence-electron chi connectivity index (χ2n) is 12.8. The van der Waals surface area contributed by atoms with Crippen molar-refractivity contribution in [1.29, 1.82) is 0 Å². The molecule has 0 saturated carbocycles. The Kier molecular flexibility index (Phi) is 10.1. The molecular formula is C43H43ClN4. The topological polar surface area (TPSA) is 35.2 Å². The van der Waals surface area contributed by atoms with Crippen molar-refractivity contribution in [3.63, 3.8) is 0 Å². The number of unbranched alkanes of at least 4 members (excludes halogenated alkanes) is 1. The zero-order chi connectivity index (χ0) is 32.6. The second kappa shape index (κ2) is 15.2. The third-order valence-electron chi connectivity index (χ3n) is 9.89. The predicted octanol–water partition coefficient (Wildman–Crippen LogP) is 9.18. The van der Waals surface area contributed by atoms with Crippen LogP contribution in [0.5, 0.6) is 0 Å². The maximum Gasteiger partial charge on any atom is 0.0777 e. The van der Waals surface area contributed by atoms with Crippen LogP contribution in [0.15, 0.2) is 152 Å². The van der Waals surface area contributed by atoms with E-state index < -0.39 is 5.41 Å². The Morgan fingerprint density at radius 3 is 1.79 bits per heavy atom. The summed E-state index contributed by atoms with van der Waals surface area (Å²) in [5.41, 5.74) is 8.32. The minimum atomic E-state index is -0.405. The molecule has 3 heterocycles. The number of benzene rings is 4. The van der Waals surface area contributed by atoms with Crippen LogP contribution in [0.1, 0.15) is 58.1 Å². The van der Waals surface area contributed by atoms with Gasteiger partial charge in [0.15, 0.2) is 0 Å². The molecule has 1 aliphatic heterocycles. The molecule has 1 saturated heterocycles. The number of H-pyrrole nitrogens is 1. The SMILES string of the molecule is Clc1ccc(C(c2ccccn2)N2CCN(CCCCc3cc(C(c4ccccc4)(c4ccccc4)c4ccccc4)c[nH]3)CC2)cc1. The van der Waals surface area contributed by atoms with Gasteiger partial charge in [-0.3, -0.25) is 9.88 Å². The van der Waals surface area contributed by atoms with Gasteiger partial charge in [-0.1, -0.05) is 121 Å². The molecule has 1 unspecified atom stereocenters. The molecule has 1 atom stereocenters. The zero-order valence-electron chi connectivity index (χ0n) is 27.4. The number of aromatic nitrogens is 2. The van der Waals surface area contributed by atoms with Crippen LogP contribution in [0.3, 0.4) is 0 Å². The molecule has 0 aliphatic carbocycles. The average Bonchev–Trinajstić information content (AvgIpc) is 3.63. The van der Waals surface area contributed by atoms with Crippen molar-refractivity contribution < 1.29 is 0 Å². The van der Waals surface area contributed by atoms with Crippen LogP contribution in [0.2, 0.25) is 5.02 Å². The zero-order valence-corrected chi connectivity index (χ0v) is 28.1. The number of aryl methyl sites for hydroxylation is 1. The lowest BCUT2D eigenvalue weighted by Gasteiger charge is -2.39. The van der Waals surface area contributed by atoms with E-state index in [9.17, 15) is 0 Å². The summed E-state index contributed by atoms with van der Waals surface area (Å²) in [6.07, 6.45) is 7.49. The summed E-state index contributed by atoms with van der Waals surface area (Å²) in [5, 5.41) is 0.766. The van der Waals surface area contributed by atoms with Crippen molar-refractivity contribution in [2.75, 3.05) is 32.7 Å². The van der Waals surface area contributed by atoms with Crippen LogP contribution in [0, 0.1) is 0 Å². The van der Waals surface area contributed by atoms with E-state index in [1.54, 1.807) is 0 Å². The minimum Gasteiger partial charge on any atom is -0.365 e. The summed E-state index contributed by atoms with van der Waals surface area (Å²) in [7, 11) is 0. The van der Waals surface area contributed by atoms with Crippen LogP contribution in [-0.4, -0.2) is 52.5 Å². The molecule has 242 valence electrons. The largest absolute Gasteiger partial charge is 0.365 e. The Bertz CT molecular complexity index is 1740. The van der Waals surface area contributed by atoms with E-state index in [-0.39, 0.29) is 6.04 Å². The normalized spacial score (nSPS) is 14.9. The number of pyridine rings is 1. The average molecular weight is 651 g/mol. The molecule has 1 fully saturated rings. The lowest BCUT2D eigenvalue weighted by atomic mass is 9.66. The molecule has 0 bridgehead atoms. The highest BCUT2D eigenvalue weighted by Crippen LogP contribution is 2.45. The number of aromatic amines is 1. The smallest absolute Gasteiger partial charge is 0.0777 e. The summed E-state index contributed by atoms with van der Waals surface area (Å²) in [4.78, 5) is 13.6. The van der Waals surface area contributed by atoms with Crippen LogP contribution >= 0.6 is 11.6 Å². The summed E-state index contributed by atoms with van der Waals surface area (Å²) < 4.78 is 0. The van der Waals surface area contributed by atoms with Crippen molar-refractivity contribution in [3.05, 3.63) is 196 Å². The summed E-state index contributed by atoms with van der Waals surface area (Å²) in [6.45, 7) is 5.29. The Morgan fingerprint density at radius 1 is 0.646 bits per heavy atom. The molecular weight excluding hydrogens is 608 g/mol. The molecule has 6 aromatic rings. The van der Waals surface area contributed by atoms with Crippen molar-refractivity contribution in [3.8, 4) is 0 Å². The first-order chi connectivity index (χ1) is 23.7. The molecule has 48 heavy (non-hydrogen) atoms. The third kappa shape index (κ3) is 6.88. The van der Waals surface area contributed by atoms with E-state index in [4.69, 9.17) is 16.6 Å². The molecule has 1 aliphatic rings. The van der Waals surface area contributed by atoms with Gasteiger partial charge in [-0.05, 0) is 84.0 Å². The molecule has 7 rings (SSSR count). The number of nitrogens with one attached hydrogen (secondary N) is 1. The van der Waals surface area contributed by atoms with Gasteiger partial charge in [0.25, 0.3) is 0 Å². The number of piperazine rings is 1. The highest BCUT2D eigenvalue weighted by Gasteiger charge is 2.39. The molecule has 0 radical (unpaired) electrons. The maximum atomic E-state index is 6.23. The van der Waals surface area contributed by atoms with E-state index in [0.717, 1.165) is 56.3 Å². The van der Waals surface area contributed by atoms with Gasteiger partial charge in [-0.15, -0.1) is 0 Å². The first kappa shape index (κ1) is 32.1. The first-order valence-electron chi connectivity index (χ1n) is 17.2. The van der Waals surface area contributed by atoms with Crippen LogP contribution in [0.25, 0.3) is 0 Å². The van der Waals surface area contributed by atoms with Crippen molar-refractivity contribution in [2.24, 2.45) is 0 Å². The van der Waals surface area contributed by atoms with Gasteiger partial charge >= 0.3 is 0 Å². The van der Waals surface area contributed by atoms with E-state index in [1.807, 2.05) is 24.4 Å². The lowest BCUT2D eigenvalue weighted by molar-refractivity contribution is 0.107. The van der Waals surface area contributed by atoms with Crippen molar-refractivity contribution in [1.82, 2.24) is 19.8 Å². The van der Waals surface area contributed by atoms with E-state index >= 15 is 0 Å². The van der Waals surface area contributed by atoms with E-state index in [2.05, 4.69) is 142 Å². The van der Waals surface area contributed by atoms with Gasteiger partial charge in [-0.2, -0.15) is 0 Å². The molecule has 1 N–H and O–H groups in total. The van der Waals surface area contributed by atoms with Gasteiger partial charge < -0.3 is 9.88 Å². The van der Waals surface area contributed by atoms with Gasteiger partial charge in [0.05, 0.1) is 17.2 Å². The van der Waals surface area contributed by atoms with Crippen molar-refractivity contribution in [2.45, 2.75) is 30.7 Å². The van der Waals surface area contributed by atoms with E-state index in [1.165, 1.54) is 39.9 Å². The van der Waals surface area contributed by atoms with Crippen LogP contribution in [-0.2, 0) is 11.8 Å². The Labute approximate surface area is 290 Å². The highest BCUT2D eigenvalue weighted by atomic mass is 35.5. The lowest BCUT2D eigenvalue weighted by Crippen LogP contribution is -2.48. The number of hydrogen-bond acceptors (Lipinski definition) is 3. The fourth-order valence-electron chi connectivity index (χ4n) is 7.51. The monoisotopic (exact) mass is 650 g/mol. The summed E-state index contributed by atoms with van der Waals surface area (Å²) >= 11 is 6.23. The second-order valence-corrected chi connectivity index (χ2v) is 13.2. The van der Waals surface area contributed by atoms with Gasteiger partial charge in [0.2, 0.25) is 0 Å². The standard InChI is InChI=1S/C43H43ClN4/c44-39-24-22-34(23-25-39)42(41-21-10-12-26-45-41)48-30-28-47(29-31-48)27-13-11-20-40-32-38(33-46-40)43(35-14-4-1-5-15-35,36-16-6-2-7-17-36)37-18-8-3-9-19-37/h1-10,12,14-19,21-26,32-33,42,46H,11,13,20,27-31H2. The van der Waals surface area contributed by atoms with Gasteiger partial charge in [0, 0.05) is 49.3 Å². The molecule has 2 aromatic heterocycles. The number of nitrogens with zero attached hydrogens (tertiary/aromatic N) is 3. The van der Waals surface area contributed by atoms with Crippen molar-refractivity contribution >= 4 is 11.6 Å². The third-order valence-corrected chi connectivity index (χ3v) is 10.1. The summed E-state index contributed by atoms with van der Waals surface area (Å²) in [6, 6.07) is 49.8.